The van der Waals surface area contributed by atoms with Crippen molar-refractivity contribution in [1.29, 1.82) is 0 Å². The van der Waals surface area contributed by atoms with Gasteiger partial charge in [0, 0.05) is 24.8 Å². The zero-order valence-electron chi connectivity index (χ0n) is 17.3. The summed E-state index contributed by atoms with van der Waals surface area (Å²) in [5.41, 5.74) is 2.03. The van der Waals surface area contributed by atoms with E-state index in [-0.39, 0.29) is 29.7 Å². The Morgan fingerprint density at radius 1 is 1.13 bits per heavy atom. The van der Waals surface area contributed by atoms with Crippen LogP contribution in [0.1, 0.15) is 56.4 Å². The van der Waals surface area contributed by atoms with E-state index in [4.69, 9.17) is 9.47 Å². The first-order valence-electron chi connectivity index (χ1n) is 10.1. The third-order valence-electron chi connectivity index (χ3n) is 5.35. The SMILES string of the molecule is CC(=O)Oc1ccc(NC(=O)c2ccc3c(c2)C(=O)N(CC2CCCO2)C3=O)c(C)c1. The number of benzene rings is 2. The number of nitrogens with one attached hydrogen (secondary N) is 1. The Hall–Kier alpha value is -3.52. The minimum Gasteiger partial charge on any atom is -0.427 e. The third-order valence-corrected chi connectivity index (χ3v) is 5.35. The number of imide groups is 1. The number of hydrogen-bond donors (Lipinski definition) is 1. The molecule has 2 heterocycles. The number of anilines is 1. The van der Waals surface area contributed by atoms with E-state index in [1.807, 2.05) is 0 Å². The zero-order valence-corrected chi connectivity index (χ0v) is 17.3. The van der Waals surface area contributed by atoms with Gasteiger partial charge in [0.05, 0.1) is 23.8 Å². The van der Waals surface area contributed by atoms with Gasteiger partial charge in [0.1, 0.15) is 5.75 Å². The maximum atomic E-state index is 12.8. The smallest absolute Gasteiger partial charge is 0.308 e. The van der Waals surface area contributed by atoms with E-state index in [1.165, 1.54) is 30.0 Å². The van der Waals surface area contributed by atoms with Crippen LogP contribution in [0.15, 0.2) is 36.4 Å². The van der Waals surface area contributed by atoms with Crippen molar-refractivity contribution in [1.82, 2.24) is 4.90 Å². The van der Waals surface area contributed by atoms with Crippen LogP contribution in [0.5, 0.6) is 5.75 Å². The number of carbonyl (C=O) groups is 4. The Kier molecular flexibility index (Phi) is 5.56. The standard InChI is InChI=1S/C23H22N2O6/c1-13-10-16(31-14(2)26)6-8-20(13)24-21(27)15-5-7-18-19(11-15)23(29)25(22(18)28)12-17-4-3-9-30-17/h5-8,10-11,17H,3-4,9,12H2,1-2H3,(H,24,27). The molecule has 31 heavy (non-hydrogen) atoms. The molecule has 4 rings (SSSR count). The van der Waals surface area contributed by atoms with Gasteiger partial charge in [-0.2, -0.15) is 0 Å². The lowest BCUT2D eigenvalue weighted by Crippen LogP contribution is -2.36. The molecule has 0 aromatic heterocycles. The van der Waals surface area contributed by atoms with Crippen LogP contribution in [0.4, 0.5) is 5.69 Å². The number of carbonyl (C=O) groups excluding carboxylic acids is 4. The Morgan fingerprint density at radius 2 is 1.90 bits per heavy atom. The molecule has 8 heteroatoms. The number of fused-ring (bicyclic) bond motifs is 1. The van der Waals surface area contributed by atoms with Gasteiger partial charge in [-0.3, -0.25) is 24.1 Å². The topological polar surface area (TPSA) is 102 Å². The summed E-state index contributed by atoms with van der Waals surface area (Å²) in [5.74, 6) is -1.23. The van der Waals surface area contributed by atoms with Crippen molar-refractivity contribution in [3.05, 3.63) is 58.7 Å². The van der Waals surface area contributed by atoms with Gasteiger partial charge in [-0.25, -0.2) is 0 Å². The van der Waals surface area contributed by atoms with Crippen LogP contribution in [0.25, 0.3) is 0 Å². The van der Waals surface area contributed by atoms with Gasteiger partial charge in [0.25, 0.3) is 17.7 Å². The number of rotatable bonds is 5. The molecule has 0 radical (unpaired) electrons. The van der Waals surface area contributed by atoms with E-state index in [0.29, 0.717) is 29.2 Å². The van der Waals surface area contributed by atoms with Crippen molar-refractivity contribution in [2.45, 2.75) is 32.8 Å². The lowest BCUT2D eigenvalue weighted by atomic mass is 10.0. The fraction of sp³-hybridized carbons (Fsp3) is 0.304. The number of hydrogen-bond acceptors (Lipinski definition) is 6. The molecule has 3 amide bonds. The van der Waals surface area contributed by atoms with Crippen molar-refractivity contribution in [2.75, 3.05) is 18.5 Å². The van der Waals surface area contributed by atoms with E-state index >= 15 is 0 Å². The Labute approximate surface area is 179 Å². The molecule has 2 aliphatic heterocycles. The van der Waals surface area contributed by atoms with Crippen LogP contribution < -0.4 is 10.1 Å². The summed E-state index contributed by atoms with van der Waals surface area (Å²) in [6, 6.07) is 9.34. The Morgan fingerprint density at radius 3 is 2.58 bits per heavy atom. The van der Waals surface area contributed by atoms with E-state index < -0.39 is 17.8 Å². The van der Waals surface area contributed by atoms with Crippen LogP contribution in [-0.4, -0.2) is 47.8 Å². The van der Waals surface area contributed by atoms with Crippen LogP contribution in [0.3, 0.4) is 0 Å². The van der Waals surface area contributed by atoms with Crippen LogP contribution in [-0.2, 0) is 9.53 Å². The maximum Gasteiger partial charge on any atom is 0.308 e. The summed E-state index contributed by atoms with van der Waals surface area (Å²) >= 11 is 0. The number of aryl methyl sites for hydroxylation is 1. The van der Waals surface area contributed by atoms with Crippen molar-refractivity contribution >= 4 is 29.4 Å². The minimum absolute atomic E-state index is 0.136. The average molecular weight is 422 g/mol. The summed E-state index contributed by atoms with van der Waals surface area (Å²) in [6.07, 6.45) is 1.60. The highest BCUT2D eigenvalue weighted by molar-refractivity contribution is 6.22. The number of amides is 3. The molecule has 1 saturated heterocycles. The minimum atomic E-state index is -0.429. The molecule has 0 saturated carbocycles. The molecule has 2 aromatic carbocycles. The second-order valence-corrected chi connectivity index (χ2v) is 7.64. The van der Waals surface area contributed by atoms with Gasteiger partial charge in [-0.05, 0) is 61.7 Å². The molecule has 1 fully saturated rings. The highest BCUT2D eigenvalue weighted by Crippen LogP contribution is 2.27. The lowest BCUT2D eigenvalue weighted by Gasteiger charge is -2.17. The average Bonchev–Trinajstić information content (AvgIpc) is 3.32. The third kappa shape index (κ3) is 4.20. The second-order valence-electron chi connectivity index (χ2n) is 7.64. The van der Waals surface area contributed by atoms with Crippen LogP contribution in [0.2, 0.25) is 0 Å². The predicted molar refractivity (Wildman–Crippen MR) is 111 cm³/mol. The molecule has 1 N–H and O–H groups in total. The Bertz CT molecular complexity index is 1090. The molecule has 2 aromatic rings. The second kappa shape index (κ2) is 8.31. The monoisotopic (exact) mass is 422 g/mol. The van der Waals surface area contributed by atoms with E-state index in [0.717, 1.165) is 12.8 Å². The molecule has 0 aliphatic carbocycles. The number of nitrogens with zero attached hydrogens (tertiary/aromatic N) is 1. The zero-order chi connectivity index (χ0) is 22.1. The molecular weight excluding hydrogens is 400 g/mol. The molecule has 160 valence electrons. The summed E-state index contributed by atoms with van der Waals surface area (Å²) in [5, 5.41) is 2.78. The summed E-state index contributed by atoms with van der Waals surface area (Å²) < 4.78 is 10.6. The van der Waals surface area contributed by atoms with E-state index in [1.54, 1.807) is 25.1 Å². The lowest BCUT2D eigenvalue weighted by molar-refractivity contribution is -0.131. The van der Waals surface area contributed by atoms with Crippen molar-refractivity contribution in [3.63, 3.8) is 0 Å². The van der Waals surface area contributed by atoms with Gasteiger partial charge in [0.2, 0.25) is 0 Å². The van der Waals surface area contributed by atoms with Crippen molar-refractivity contribution in [2.24, 2.45) is 0 Å². The first kappa shape index (κ1) is 20.7. The van der Waals surface area contributed by atoms with Gasteiger partial charge >= 0.3 is 5.97 Å². The first-order valence-corrected chi connectivity index (χ1v) is 10.1. The van der Waals surface area contributed by atoms with Crippen molar-refractivity contribution in [3.8, 4) is 5.75 Å². The molecular formula is C23H22N2O6. The van der Waals surface area contributed by atoms with Gasteiger partial charge in [-0.1, -0.05) is 0 Å². The van der Waals surface area contributed by atoms with Crippen LogP contribution in [0, 0.1) is 6.92 Å². The normalized spacial score (nSPS) is 17.6. The summed E-state index contributed by atoms with van der Waals surface area (Å²) in [4.78, 5) is 50.4. The largest absolute Gasteiger partial charge is 0.427 e. The quantitative estimate of drug-likeness (QED) is 0.452. The van der Waals surface area contributed by atoms with E-state index in [9.17, 15) is 19.2 Å². The van der Waals surface area contributed by atoms with Gasteiger partial charge < -0.3 is 14.8 Å². The first-order chi connectivity index (χ1) is 14.8. The summed E-state index contributed by atoms with van der Waals surface area (Å²) in [6.45, 7) is 3.95. The van der Waals surface area contributed by atoms with Crippen LogP contribution >= 0.6 is 0 Å². The molecule has 0 spiro atoms. The Balaban J connectivity index is 1.50. The predicted octanol–water partition coefficient (Wildman–Crippen LogP) is 2.95. The molecule has 8 nitrogen and oxygen atoms in total. The van der Waals surface area contributed by atoms with Gasteiger partial charge in [-0.15, -0.1) is 0 Å². The summed E-state index contributed by atoms with van der Waals surface area (Å²) in [7, 11) is 0. The van der Waals surface area contributed by atoms with Gasteiger partial charge in [0.15, 0.2) is 0 Å². The number of esters is 1. The fourth-order valence-corrected chi connectivity index (χ4v) is 3.79. The highest BCUT2D eigenvalue weighted by Gasteiger charge is 2.38. The van der Waals surface area contributed by atoms with Crippen molar-refractivity contribution < 1.29 is 28.7 Å². The molecule has 0 bridgehead atoms. The number of ether oxygens (including phenoxy) is 2. The maximum absolute atomic E-state index is 12.8. The molecule has 1 unspecified atom stereocenters. The highest BCUT2D eigenvalue weighted by atomic mass is 16.5. The molecule has 1 atom stereocenters. The fourth-order valence-electron chi connectivity index (χ4n) is 3.79. The van der Waals surface area contributed by atoms with E-state index in [2.05, 4.69) is 5.32 Å². The molecule has 2 aliphatic rings.